The maximum Gasteiger partial charge on any atom is 0.167 e. The molecule has 2 atom stereocenters. The van der Waals surface area contributed by atoms with Crippen LogP contribution >= 0.6 is 0 Å². The predicted octanol–water partition coefficient (Wildman–Crippen LogP) is 3.60. The Labute approximate surface area is 126 Å². The molecule has 2 unspecified atom stereocenters. The second kappa shape index (κ2) is 6.23. The number of piperidine rings is 1. The van der Waals surface area contributed by atoms with E-state index >= 15 is 0 Å². The van der Waals surface area contributed by atoms with E-state index in [1.54, 1.807) is 0 Å². The molecule has 3 rings (SSSR count). The molecular weight excluding hydrogens is 258 g/mol. The van der Waals surface area contributed by atoms with Crippen molar-refractivity contribution in [3.63, 3.8) is 0 Å². The molecule has 2 nitrogen and oxygen atoms in total. The van der Waals surface area contributed by atoms with E-state index in [4.69, 9.17) is 0 Å². The maximum atomic E-state index is 12.9. The molecule has 2 aromatic rings. The molecule has 2 aromatic carbocycles. The molecule has 1 aliphatic rings. The fourth-order valence-corrected chi connectivity index (χ4v) is 3.30. The van der Waals surface area contributed by atoms with Crippen molar-refractivity contribution >= 4 is 5.78 Å². The summed E-state index contributed by atoms with van der Waals surface area (Å²) in [5.74, 6) is 0.652. The molecule has 1 saturated heterocycles. The summed E-state index contributed by atoms with van der Waals surface area (Å²) in [7, 11) is 2.10. The molecule has 0 spiro atoms. The lowest BCUT2D eigenvalue weighted by atomic mass is 9.77. The number of nitrogens with zero attached hydrogens (tertiary/aromatic N) is 1. The fourth-order valence-electron chi connectivity index (χ4n) is 3.30. The highest BCUT2D eigenvalue weighted by Crippen LogP contribution is 2.34. The molecular formula is C19H21NO. The van der Waals surface area contributed by atoms with E-state index in [1.807, 2.05) is 36.4 Å². The zero-order chi connectivity index (χ0) is 14.7. The van der Waals surface area contributed by atoms with Crippen LogP contribution in [-0.2, 0) is 0 Å². The van der Waals surface area contributed by atoms with Crippen LogP contribution in [0.2, 0.25) is 0 Å². The lowest BCUT2D eigenvalue weighted by molar-refractivity contribution is 0.0809. The summed E-state index contributed by atoms with van der Waals surface area (Å²) in [6.07, 6.45) is 1.05. The molecule has 1 heterocycles. The van der Waals surface area contributed by atoms with Gasteiger partial charge in [0.25, 0.3) is 0 Å². The Kier molecular flexibility index (Phi) is 4.16. The highest BCUT2D eigenvalue weighted by molar-refractivity contribution is 5.98. The molecule has 0 N–H and O–H groups in total. The van der Waals surface area contributed by atoms with Gasteiger partial charge in [0.15, 0.2) is 5.78 Å². The van der Waals surface area contributed by atoms with Gasteiger partial charge in [0.1, 0.15) is 0 Å². The Balaban J connectivity index is 1.90. The molecule has 21 heavy (non-hydrogen) atoms. The molecule has 108 valence electrons. The van der Waals surface area contributed by atoms with Gasteiger partial charge in [0.05, 0.1) is 0 Å². The van der Waals surface area contributed by atoms with Crippen molar-refractivity contribution in [2.75, 3.05) is 20.1 Å². The van der Waals surface area contributed by atoms with E-state index in [-0.39, 0.29) is 11.7 Å². The van der Waals surface area contributed by atoms with Crippen molar-refractivity contribution in [2.24, 2.45) is 5.92 Å². The van der Waals surface area contributed by atoms with Crippen LogP contribution in [0.3, 0.4) is 0 Å². The normalized spacial score (nSPS) is 22.9. The van der Waals surface area contributed by atoms with Crippen molar-refractivity contribution in [1.29, 1.82) is 0 Å². The van der Waals surface area contributed by atoms with Crippen molar-refractivity contribution in [3.8, 4) is 0 Å². The Morgan fingerprint density at radius 1 is 1.00 bits per heavy atom. The van der Waals surface area contributed by atoms with Crippen molar-refractivity contribution in [2.45, 2.75) is 12.3 Å². The number of rotatable bonds is 3. The van der Waals surface area contributed by atoms with Gasteiger partial charge in [0.2, 0.25) is 0 Å². The van der Waals surface area contributed by atoms with E-state index in [2.05, 4.69) is 36.2 Å². The third-order valence-corrected chi connectivity index (χ3v) is 4.44. The number of ketones is 1. The van der Waals surface area contributed by atoms with Crippen LogP contribution in [0.4, 0.5) is 0 Å². The Hall–Kier alpha value is -1.93. The van der Waals surface area contributed by atoms with E-state index in [0.29, 0.717) is 5.92 Å². The standard InChI is InChI=1S/C19H21NO/c1-20-13-12-17(15-8-4-2-5-9-15)18(14-20)19(21)16-10-6-3-7-11-16/h2-11,17-18H,12-14H2,1H3. The molecule has 0 amide bonds. The molecule has 0 bridgehead atoms. The van der Waals surface area contributed by atoms with Gasteiger partial charge >= 0.3 is 0 Å². The topological polar surface area (TPSA) is 20.3 Å². The van der Waals surface area contributed by atoms with E-state index in [9.17, 15) is 4.79 Å². The molecule has 0 radical (unpaired) electrons. The molecule has 2 heteroatoms. The summed E-state index contributed by atoms with van der Waals surface area (Å²) in [5.41, 5.74) is 2.12. The molecule has 1 fully saturated rings. The number of hydrogen-bond donors (Lipinski definition) is 0. The Morgan fingerprint density at radius 2 is 1.62 bits per heavy atom. The second-order valence-corrected chi connectivity index (χ2v) is 5.90. The van der Waals surface area contributed by atoms with Gasteiger partial charge in [-0.1, -0.05) is 60.7 Å². The minimum absolute atomic E-state index is 0.0496. The minimum atomic E-state index is 0.0496. The van der Waals surface area contributed by atoms with Gasteiger partial charge in [-0.05, 0) is 31.5 Å². The third kappa shape index (κ3) is 3.06. The van der Waals surface area contributed by atoms with Crippen LogP contribution in [-0.4, -0.2) is 30.8 Å². The maximum absolute atomic E-state index is 12.9. The minimum Gasteiger partial charge on any atom is -0.306 e. The third-order valence-electron chi connectivity index (χ3n) is 4.44. The summed E-state index contributed by atoms with van der Waals surface area (Å²) in [5, 5.41) is 0. The van der Waals surface area contributed by atoms with Crippen LogP contribution < -0.4 is 0 Å². The van der Waals surface area contributed by atoms with Gasteiger partial charge in [-0.2, -0.15) is 0 Å². The first-order valence-corrected chi connectivity index (χ1v) is 7.58. The number of likely N-dealkylation sites (tertiary alicyclic amines) is 1. The predicted molar refractivity (Wildman–Crippen MR) is 85.6 cm³/mol. The lowest BCUT2D eigenvalue weighted by Gasteiger charge is -2.36. The largest absolute Gasteiger partial charge is 0.306 e. The smallest absolute Gasteiger partial charge is 0.167 e. The Morgan fingerprint density at radius 3 is 2.29 bits per heavy atom. The first kappa shape index (κ1) is 14.0. The van der Waals surface area contributed by atoms with Crippen molar-refractivity contribution < 1.29 is 4.79 Å². The highest BCUT2D eigenvalue weighted by atomic mass is 16.1. The van der Waals surface area contributed by atoms with Gasteiger partial charge in [-0.3, -0.25) is 4.79 Å². The lowest BCUT2D eigenvalue weighted by Crippen LogP contribution is -2.40. The first-order chi connectivity index (χ1) is 10.3. The molecule has 0 aromatic heterocycles. The van der Waals surface area contributed by atoms with Crippen LogP contribution in [0, 0.1) is 5.92 Å². The quantitative estimate of drug-likeness (QED) is 0.800. The van der Waals surface area contributed by atoms with Crippen LogP contribution in [0.25, 0.3) is 0 Å². The van der Waals surface area contributed by atoms with E-state index < -0.39 is 0 Å². The summed E-state index contributed by atoms with van der Waals surface area (Å²) < 4.78 is 0. The zero-order valence-corrected chi connectivity index (χ0v) is 12.4. The van der Waals surface area contributed by atoms with Crippen LogP contribution in [0.5, 0.6) is 0 Å². The number of carbonyl (C=O) groups is 1. The number of carbonyl (C=O) groups excluding carboxylic acids is 1. The number of benzene rings is 2. The molecule has 1 aliphatic heterocycles. The highest BCUT2D eigenvalue weighted by Gasteiger charge is 2.34. The summed E-state index contributed by atoms with van der Waals surface area (Å²) in [4.78, 5) is 15.2. The second-order valence-electron chi connectivity index (χ2n) is 5.90. The molecule has 0 aliphatic carbocycles. The van der Waals surface area contributed by atoms with E-state index in [0.717, 1.165) is 25.1 Å². The summed E-state index contributed by atoms with van der Waals surface area (Å²) >= 11 is 0. The van der Waals surface area contributed by atoms with Crippen molar-refractivity contribution in [3.05, 3.63) is 71.8 Å². The average molecular weight is 279 g/mol. The van der Waals surface area contributed by atoms with Gasteiger partial charge in [-0.25, -0.2) is 0 Å². The summed E-state index contributed by atoms with van der Waals surface area (Å²) in [6.45, 7) is 1.89. The number of hydrogen-bond acceptors (Lipinski definition) is 2. The van der Waals surface area contributed by atoms with Crippen molar-refractivity contribution in [1.82, 2.24) is 4.90 Å². The Bertz CT molecular complexity index is 593. The fraction of sp³-hybridized carbons (Fsp3) is 0.316. The summed E-state index contributed by atoms with van der Waals surface area (Å²) in [6, 6.07) is 20.2. The zero-order valence-electron chi connectivity index (χ0n) is 12.4. The van der Waals surface area contributed by atoms with Crippen LogP contribution in [0.1, 0.15) is 28.3 Å². The van der Waals surface area contributed by atoms with Gasteiger partial charge in [0, 0.05) is 18.0 Å². The van der Waals surface area contributed by atoms with Gasteiger partial charge in [-0.15, -0.1) is 0 Å². The molecule has 0 saturated carbocycles. The first-order valence-electron chi connectivity index (χ1n) is 7.58. The van der Waals surface area contributed by atoms with Gasteiger partial charge < -0.3 is 4.90 Å². The SMILES string of the molecule is CN1CCC(c2ccccc2)C(C(=O)c2ccccc2)C1. The number of Topliss-reactive ketones (excluding diaryl/α,β-unsaturated/α-hetero) is 1. The van der Waals surface area contributed by atoms with Crippen LogP contribution in [0.15, 0.2) is 60.7 Å². The monoisotopic (exact) mass is 279 g/mol. The van der Waals surface area contributed by atoms with E-state index in [1.165, 1.54) is 5.56 Å². The average Bonchev–Trinajstić information content (AvgIpc) is 2.56.